The molecular weight excluding hydrogens is 766 g/mol. The summed E-state index contributed by atoms with van der Waals surface area (Å²) in [7, 11) is 0. The molecule has 0 saturated carbocycles. The lowest BCUT2D eigenvalue weighted by molar-refractivity contribution is 0.665. The van der Waals surface area contributed by atoms with Crippen LogP contribution in [0.1, 0.15) is 39.6 Å². The van der Waals surface area contributed by atoms with Crippen molar-refractivity contribution in [3.05, 3.63) is 243 Å². The second-order valence-electron chi connectivity index (χ2n) is 14.7. The average molecular weight is 803 g/mol. The number of aromatic amines is 1. The Morgan fingerprint density at radius 2 is 1.24 bits per heavy atom. The molecule has 0 fully saturated rings. The van der Waals surface area contributed by atoms with Crippen LogP contribution in [0.25, 0.3) is 23.8 Å². The van der Waals surface area contributed by atoms with Gasteiger partial charge in [0.2, 0.25) is 0 Å². The molecule has 0 spiro atoms. The number of para-hydroxylation sites is 2. The number of halogens is 2. The Morgan fingerprint density at radius 1 is 0.576 bits per heavy atom. The minimum absolute atomic E-state index is 0.112. The number of hydrogen-bond acceptors (Lipinski definition) is 4. The zero-order valence-electron chi connectivity index (χ0n) is 31.8. The predicted molar refractivity (Wildman–Crippen MR) is 248 cm³/mol. The highest BCUT2D eigenvalue weighted by Crippen LogP contribution is 2.39. The first kappa shape index (κ1) is 36.4. The summed E-state index contributed by atoms with van der Waals surface area (Å²) in [5.74, 6) is -0.204. The molecule has 5 heterocycles. The fourth-order valence-electron chi connectivity index (χ4n) is 8.04. The van der Waals surface area contributed by atoms with Crippen LogP contribution in [0.15, 0.2) is 209 Å². The van der Waals surface area contributed by atoms with E-state index in [1.54, 1.807) is 0 Å². The number of fused-ring (bicyclic) bond motifs is 6. The smallest absolute Gasteiger partial charge is 0.0736 e. The number of H-pyrrole nitrogens is 1. The Balaban J connectivity index is 0.945. The van der Waals surface area contributed by atoms with Gasteiger partial charge in [-0.15, -0.1) is 0 Å². The lowest BCUT2D eigenvalue weighted by Crippen LogP contribution is -2.33. The van der Waals surface area contributed by atoms with Crippen LogP contribution in [0, 0.1) is 0 Å². The maximum atomic E-state index is 6.80. The van der Waals surface area contributed by atoms with Crippen LogP contribution in [-0.4, -0.2) is 22.4 Å². The topological polar surface area (TPSA) is 55.8 Å². The molecule has 0 saturated heterocycles. The Morgan fingerprint density at radius 3 is 1.93 bits per heavy atom. The number of aliphatic imine (C=N–C) groups is 2. The third kappa shape index (κ3) is 7.50. The van der Waals surface area contributed by atoms with Gasteiger partial charge >= 0.3 is 0 Å². The lowest BCUT2D eigenvalue weighted by atomic mass is 9.87. The Hall–Kier alpha value is -6.92. The van der Waals surface area contributed by atoms with Gasteiger partial charge in [-0.05, 0) is 120 Å². The van der Waals surface area contributed by atoms with Crippen molar-refractivity contribution in [3.63, 3.8) is 0 Å². The molecule has 2 unspecified atom stereocenters. The summed E-state index contributed by atoms with van der Waals surface area (Å²) in [6.45, 7) is 0. The average Bonchev–Trinajstić information content (AvgIpc) is 4.11. The van der Waals surface area contributed by atoms with Gasteiger partial charge in [-0.1, -0.05) is 120 Å². The number of hydrogen-bond donors (Lipinski definition) is 2. The van der Waals surface area contributed by atoms with Crippen molar-refractivity contribution in [2.75, 3.05) is 4.90 Å². The van der Waals surface area contributed by atoms with E-state index in [2.05, 4.69) is 179 Å². The summed E-state index contributed by atoms with van der Waals surface area (Å²) in [4.78, 5) is 16.1. The first-order valence-electron chi connectivity index (χ1n) is 19.6. The third-order valence-corrected chi connectivity index (χ3v) is 11.5. The van der Waals surface area contributed by atoms with Gasteiger partial charge in [0, 0.05) is 55.3 Å². The van der Waals surface area contributed by atoms with Crippen molar-refractivity contribution < 1.29 is 0 Å². The monoisotopic (exact) mass is 801 g/mol. The largest absolute Gasteiger partial charge is 0.378 e. The second-order valence-corrected chi connectivity index (χ2v) is 15.5. The summed E-state index contributed by atoms with van der Waals surface area (Å²) in [5.41, 5.74) is 14.8. The first-order chi connectivity index (χ1) is 29.0. The van der Waals surface area contributed by atoms with E-state index in [1.807, 2.05) is 36.4 Å². The quantitative estimate of drug-likeness (QED) is 0.158. The van der Waals surface area contributed by atoms with Gasteiger partial charge in [-0.3, -0.25) is 4.99 Å². The van der Waals surface area contributed by atoms with Crippen molar-refractivity contribution in [3.8, 4) is 0 Å². The SMILES string of the molecule is Clc1cccc(Cl)c1C1C2=N/C(=C\c3ccc([nH]3)/C(c3ccc(/C=C/c4ccc(N(c5ccccc5)c5ccccc5)cc4)cc3)=C3/C=CC(=N3)/C=C3/C=CC1N3)C=C2. The highest BCUT2D eigenvalue weighted by atomic mass is 35.5. The van der Waals surface area contributed by atoms with E-state index >= 15 is 0 Å². The number of allylic oxidation sites excluding steroid dienone is 6. The molecule has 284 valence electrons. The van der Waals surface area contributed by atoms with Crippen LogP contribution >= 0.6 is 23.2 Å². The van der Waals surface area contributed by atoms with E-state index in [9.17, 15) is 0 Å². The van der Waals surface area contributed by atoms with E-state index < -0.39 is 0 Å². The molecule has 4 aliphatic rings. The van der Waals surface area contributed by atoms with Gasteiger partial charge < -0.3 is 15.2 Å². The zero-order chi connectivity index (χ0) is 39.7. The number of aromatic nitrogens is 1. The number of nitrogens with zero attached hydrogens (tertiary/aromatic N) is 3. The highest BCUT2D eigenvalue weighted by molar-refractivity contribution is 6.36. The molecule has 2 atom stereocenters. The predicted octanol–water partition coefficient (Wildman–Crippen LogP) is 13.3. The molecule has 5 aromatic carbocycles. The molecule has 4 aliphatic heterocycles. The van der Waals surface area contributed by atoms with Crippen LogP contribution in [0.4, 0.5) is 17.1 Å². The molecule has 59 heavy (non-hydrogen) atoms. The summed E-state index contributed by atoms with van der Waals surface area (Å²) < 4.78 is 0. The Bertz CT molecular complexity index is 2790. The maximum Gasteiger partial charge on any atom is 0.0736 e. The molecule has 0 amide bonds. The molecular formula is C52H37Cl2N5. The van der Waals surface area contributed by atoms with Gasteiger partial charge in [-0.2, -0.15) is 0 Å². The molecule has 7 heteroatoms. The number of rotatable bonds is 7. The van der Waals surface area contributed by atoms with Gasteiger partial charge in [-0.25, -0.2) is 4.99 Å². The third-order valence-electron chi connectivity index (χ3n) is 10.8. The fraction of sp³-hybridized carbons (Fsp3) is 0.0385. The number of anilines is 3. The van der Waals surface area contributed by atoms with Crippen molar-refractivity contribution in [1.29, 1.82) is 0 Å². The van der Waals surface area contributed by atoms with E-state index in [1.165, 1.54) is 0 Å². The van der Waals surface area contributed by atoms with Crippen LogP contribution in [-0.2, 0) is 0 Å². The molecule has 10 rings (SSSR count). The van der Waals surface area contributed by atoms with Crippen LogP contribution in [0.3, 0.4) is 0 Å². The standard InChI is InChI=1S/C52H37Cl2N5/c53-44-12-7-13-45(54)51(44)52-48-30-24-39(57-48)32-37-22-28-46(55-37)50(47-29-23-38(56-47)33-40-25-31-49(52)58-40)36-20-16-34(17-21-36)14-15-35-18-26-43(27-19-35)59(41-8-3-1-4-9-41)42-10-5-2-6-11-42/h1-33,48,52,56-57H/b15-14+,39-32-,40-33-,50-46-. The number of nitrogens with one attached hydrogen (secondary N) is 2. The maximum absolute atomic E-state index is 6.80. The molecule has 1 aromatic heterocycles. The van der Waals surface area contributed by atoms with E-state index in [0.29, 0.717) is 10.0 Å². The Kier molecular flexibility index (Phi) is 9.75. The summed E-state index contributed by atoms with van der Waals surface area (Å²) in [5, 5.41) is 4.92. The zero-order valence-corrected chi connectivity index (χ0v) is 33.3. The van der Waals surface area contributed by atoms with Crippen molar-refractivity contribution in [1.82, 2.24) is 10.3 Å². The second kappa shape index (κ2) is 15.8. The molecule has 0 aliphatic carbocycles. The Labute approximate surface area is 353 Å². The van der Waals surface area contributed by atoms with Gasteiger partial charge in [0.15, 0.2) is 0 Å². The van der Waals surface area contributed by atoms with Crippen LogP contribution < -0.4 is 10.2 Å². The van der Waals surface area contributed by atoms with E-state index in [-0.39, 0.29) is 12.0 Å². The van der Waals surface area contributed by atoms with Gasteiger partial charge in [0.1, 0.15) is 0 Å². The van der Waals surface area contributed by atoms with Crippen molar-refractivity contribution in [2.45, 2.75) is 12.0 Å². The first-order valence-corrected chi connectivity index (χ1v) is 20.4. The molecule has 0 radical (unpaired) electrons. The minimum Gasteiger partial charge on any atom is -0.378 e. The normalized spacial score (nSPS) is 20.8. The van der Waals surface area contributed by atoms with Crippen LogP contribution in [0.2, 0.25) is 10.0 Å². The van der Waals surface area contributed by atoms with E-state index in [4.69, 9.17) is 33.2 Å². The summed E-state index contributed by atoms with van der Waals surface area (Å²) in [6, 6.07) is 48.0. The lowest BCUT2D eigenvalue weighted by Gasteiger charge is -2.25. The summed E-state index contributed by atoms with van der Waals surface area (Å²) >= 11 is 13.6. The van der Waals surface area contributed by atoms with Crippen LogP contribution in [0.5, 0.6) is 0 Å². The molecule has 6 aromatic rings. The molecule has 2 N–H and O–H groups in total. The van der Waals surface area contributed by atoms with Crippen molar-refractivity contribution in [2.24, 2.45) is 9.98 Å². The minimum atomic E-state index is -0.204. The number of benzene rings is 5. The highest BCUT2D eigenvalue weighted by Gasteiger charge is 2.33. The van der Waals surface area contributed by atoms with Gasteiger partial charge in [0.25, 0.3) is 0 Å². The molecule has 5 nitrogen and oxygen atoms in total. The molecule has 8 bridgehead atoms. The summed E-state index contributed by atoms with van der Waals surface area (Å²) in [6.07, 6.45) is 21.0. The fourth-order valence-corrected chi connectivity index (χ4v) is 8.67. The van der Waals surface area contributed by atoms with Gasteiger partial charge in [0.05, 0.1) is 34.8 Å². The van der Waals surface area contributed by atoms with Crippen molar-refractivity contribution >= 4 is 75.5 Å². The van der Waals surface area contributed by atoms with E-state index in [0.717, 1.165) is 84.8 Å².